The molecule has 0 saturated carbocycles. The van der Waals surface area contributed by atoms with Gasteiger partial charge in [-0.25, -0.2) is 0 Å². The minimum atomic E-state index is 0.696. The number of rotatable bonds is 4. The van der Waals surface area contributed by atoms with Crippen LogP contribution in [0.25, 0.3) is 10.8 Å². The first kappa shape index (κ1) is 10.7. The maximum Gasteiger partial charge on any atom is 0.127 e. The summed E-state index contributed by atoms with van der Waals surface area (Å²) in [4.78, 5) is 0. The first-order valence-electron chi connectivity index (χ1n) is 5.60. The first-order chi connectivity index (χ1) is 7.85. The van der Waals surface area contributed by atoms with E-state index in [0.29, 0.717) is 6.61 Å². The van der Waals surface area contributed by atoms with Gasteiger partial charge in [-0.15, -0.1) is 6.58 Å². The van der Waals surface area contributed by atoms with E-state index in [4.69, 9.17) is 4.74 Å². The Balaban J connectivity index is 2.58. The Labute approximate surface area is 96.4 Å². The number of hydrogen-bond donors (Lipinski definition) is 0. The van der Waals surface area contributed by atoms with Crippen LogP contribution in [-0.2, 0) is 6.42 Å². The van der Waals surface area contributed by atoms with Gasteiger partial charge in [0.25, 0.3) is 0 Å². The second kappa shape index (κ2) is 4.84. The predicted octanol–water partition coefficient (Wildman–Crippen LogP) is 3.97. The molecule has 0 spiro atoms. The summed E-state index contributed by atoms with van der Waals surface area (Å²) >= 11 is 0. The van der Waals surface area contributed by atoms with Crippen LogP contribution in [0.5, 0.6) is 5.75 Å². The highest BCUT2D eigenvalue weighted by molar-refractivity contribution is 5.89. The van der Waals surface area contributed by atoms with E-state index in [1.807, 2.05) is 19.1 Å². The van der Waals surface area contributed by atoms with E-state index in [1.54, 1.807) is 0 Å². The van der Waals surface area contributed by atoms with Gasteiger partial charge in [0.15, 0.2) is 0 Å². The molecule has 0 heterocycles. The molecule has 0 amide bonds. The molecule has 0 aromatic heterocycles. The minimum absolute atomic E-state index is 0.696. The van der Waals surface area contributed by atoms with Crippen molar-refractivity contribution in [2.45, 2.75) is 13.3 Å². The Hall–Kier alpha value is -1.76. The number of hydrogen-bond acceptors (Lipinski definition) is 1. The first-order valence-corrected chi connectivity index (χ1v) is 5.60. The zero-order chi connectivity index (χ0) is 11.4. The molecular formula is C15H16O. The Morgan fingerprint density at radius 1 is 1.25 bits per heavy atom. The van der Waals surface area contributed by atoms with E-state index in [0.717, 1.165) is 12.2 Å². The Bertz CT molecular complexity index is 500. The van der Waals surface area contributed by atoms with Gasteiger partial charge < -0.3 is 4.74 Å². The highest BCUT2D eigenvalue weighted by Crippen LogP contribution is 2.27. The second-order valence-corrected chi connectivity index (χ2v) is 3.74. The summed E-state index contributed by atoms with van der Waals surface area (Å²) in [6.07, 6.45) is 2.80. The molecule has 2 aromatic carbocycles. The number of benzene rings is 2. The molecule has 2 aromatic rings. The van der Waals surface area contributed by atoms with Crippen molar-refractivity contribution in [2.24, 2.45) is 0 Å². The third-order valence-corrected chi connectivity index (χ3v) is 2.56. The second-order valence-electron chi connectivity index (χ2n) is 3.74. The molecule has 16 heavy (non-hydrogen) atoms. The molecule has 0 N–H and O–H groups in total. The fourth-order valence-corrected chi connectivity index (χ4v) is 1.89. The molecule has 0 fully saturated rings. The van der Waals surface area contributed by atoms with Crippen molar-refractivity contribution in [2.75, 3.05) is 6.61 Å². The summed E-state index contributed by atoms with van der Waals surface area (Å²) in [6, 6.07) is 12.6. The molecule has 82 valence electrons. The fourth-order valence-electron chi connectivity index (χ4n) is 1.89. The van der Waals surface area contributed by atoms with E-state index in [2.05, 4.69) is 36.9 Å². The molecule has 0 saturated heterocycles. The summed E-state index contributed by atoms with van der Waals surface area (Å²) in [5, 5.41) is 2.41. The lowest BCUT2D eigenvalue weighted by Crippen LogP contribution is -1.94. The molecule has 0 atom stereocenters. The van der Waals surface area contributed by atoms with Gasteiger partial charge in [0.2, 0.25) is 0 Å². The monoisotopic (exact) mass is 212 g/mol. The van der Waals surface area contributed by atoms with Crippen molar-refractivity contribution < 1.29 is 4.74 Å². The molecular weight excluding hydrogens is 196 g/mol. The van der Waals surface area contributed by atoms with Crippen LogP contribution in [0.2, 0.25) is 0 Å². The van der Waals surface area contributed by atoms with E-state index in [-0.39, 0.29) is 0 Å². The summed E-state index contributed by atoms with van der Waals surface area (Å²) in [5.74, 6) is 0.970. The highest BCUT2D eigenvalue weighted by Gasteiger charge is 2.03. The third kappa shape index (κ3) is 2.08. The lowest BCUT2D eigenvalue weighted by molar-refractivity contribution is 0.344. The van der Waals surface area contributed by atoms with Gasteiger partial charge >= 0.3 is 0 Å². The molecule has 0 radical (unpaired) electrons. The van der Waals surface area contributed by atoms with Crippen molar-refractivity contribution in [3.05, 3.63) is 54.6 Å². The fraction of sp³-hybridized carbons (Fsp3) is 0.200. The molecule has 1 nitrogen and oxygen atoms in total. The van der Waals surface area contributed by atoms with Crippen molar-refractivity contribution in [1.82, 2.24) is 0 Å². The largest absolute Gasteiger partial charge is 0.493 e. The van der Waals surface area contributed by atoms with Crippen LogP contribution in [0.3, 0.4) is 0 Å². The summed E-state index contributed by atoms with van der Waals surface area (Å²) < 4.78 is 5.67. The number of allylic oxidation sites excluding steroid dienone is 1. The molecule has 1 heteroatoms. The van der Waals surface area contributed by atoms with Gasteiger partial charge in [-0.05, 0) is 30.4 Å². The number of ether oxygens (including phenoxy) is 1. The van der Waals surface area contributed by atoms with Crippen molar-refractivity contribution >= 4 is 10.8 Å². The third-order valence-electron chi connectivity index (χ3n) is 2.56. The lowest BCUT2D eigenvalue weighted by Gasteiger charge is -2.09. The lowest BCUT2D eigenvalue weighted by atomic mass is 10.0. The van der Waals surface area contributed by atoms with E-state index in [9.17, 15) is 0 Å². The van der Waals surface area contributed by atoms with Crippen LogP contribution in [0.15, 0.2) is 49.1 Å². The van der Waals surface area contributed by atoms with Crippen LogP contribution < -0.4 is 4.74 Å². The summed E-state index contributed by atoms with van der Waals surface area (Å²) in [5.41, 5.74) is 1.25. The Morgan fingerprint density at radius 2 is 2.06 bits per heavy atom. The van der Waals surface area contributed by atoms with Gasteiger partial charge in [0.05, 0.1) is 6.61 Å². The topological polar surface area (TPSA) is 9.23 Å². The van der Waals surface area contributed by atoms with Gasteiger partial charge in [0.1, 0.15) is 5.75 Å². The smallest absolute Gasteiger partial charge is 0.127 e. The molecule has 2 rings (SSSR count). The van der Waals surface area contributed by atoms with E-state index >= 15 is 0 Å². The predicted molar refractivity (Wildman–Crippen MR) is 69.0 cm³/mol. The van der Waals surface area contributed by atoms with Crippen molar-refractivity contribution in [1.29, 1.82) is 0 Å². The molecule has 0 aliphatic heterocycles. The van der Waals surface area contributed by atoms with E-state index in [1.165, 1.54) is 16.3 Å². The van der Waals surface area contributed by atoms with Crippen LogP contribution in [-0.4, -0.2) is 6.61 Å². The Kier molecular flexibility index (Phi) is 3.25. The minimum Gasteiger partial charge on any atom is -0.493 e. The SMILES string of the molecule is C=CCc1cc(OCC)c2ccccc2c1. The average Bonchev–Trinajstić information content (AvgIpc) is 2.30. The zero-order valence-corrected chi connectivity index (χ0v) is 9.57. The van der Waals surface area contributed by atoms with Crippen LogP contribution >= 0.6 is 0 Å². The van der Waals surface area contributed by atoms with Crippen LogP contribution in [0, 0.1) is 0 Å². The van der Waals surface area contributed by atoms with Gasteiger partial charge in [-0.3, -0.25) is 0 Å². The van der Waals surface area contributed by atoms with Crippen LogP contribution in [0.1, 0.15) is 12.5 Å². The quantitative estimate of drug-likeness (QED) is 0.697. The van der Waals surface area contributed by atoms with E-state index < -0.39 is 0 Å². The van der Waals surface area contributed by atoms with Gasteiger partial charge in [-0.2, -0.15) is 0 Å². The Morgan fingerprint density at radius 3 is 2.81 bits per heavy atom. The molecule has 0 bridgehead atoms. The summed E-state index contributed by atoms with van der Waals surface area (Å²) in [6.45, 7) is 6.48. The zero-order valence-electron chi connectivity index (χ0n) is 9.57. The molecule has 0 unspecified atom stereocenters. The van der Waals surface area contributed by atoms with Crippen molar-refractivity contribution in [3.63, 3.8) is 0 Å². The van der Waals surface area contributed by atoms with Gasteiger partial charge in [0, 0.05) is 5.39 Å². The maximum atomic E-state index is 5.67. The molecule has 0 aliphatic rings. The normalized spacial score (nSPS) is 10.3. The van der Waals surface area contributed by atoms with Crippen molar-refractivity contribution in [3.8, 4) is 5.75 Å². The summed E-state index contributed by atoms with van der Waals surface area (Å²) in [7, 11) is 0. The average molecular weight is 212 g/mol. The highest BCUT2D eigenvalue weighted by atomic mass is 16.5. The standard InChI is InChI=1S/C15H16O/c1-3-7-12-10-13-8-5-6-9-14(13)15(11-12)16-4-2/h3,5-6,8-11H,1,4,7H2,2H3. The maximum absolute atomic E-state index is 5.67. The molecule has 0 aliphatic carbocycles. The number of fused-ring (bicyclic) bond motifs is 1. The van der Waals surface area contributed by atoms with Gasteiger partial charge in [-0.1, -0.05) is 36.4 Å². The van der Waals surface area contributed by atoms with Crippen LogP contribution in [0.4, 0.5) is 0 Å².